The van der Waals surface area contributed by atoms with E-state index in [1.54, 1.807) is 17.2 Å². The first kappa shape index (κ1) is 21.3. The van der Waals surface area contributed by atoms with Gasteiger partial charge in [-0.15, -0.1) is 0 Å². The summed E-state index contributed by atoms with van der Waals surface area (Å²) in [5.74, 6) is 1.17. The summed E-state index contributed by atoms with van der Waals surface area (Å²) in [6.07, 6.45) is 6.28. The standard InChI is InChI=1S/C26H22N6O2/c1-2-24(33)31-12-6-7-19(16-31)32-26-23(15-28-17-29-26)25(30-32)22-11-10-21(13-18(22)14-27)34-20-8-4-3-5-9-20/h2-5,8-11,13,15,17,19H,1,6-7,12,16H2/t19-/m1/s1. The number of hydrogen-bond donors (Lipinski definition) is 0. The molecule has 2 aromatic carbocycles. The molecule has 0 radical (unpaired) electrons. The molecule has 1 saturated heterocycles. The molecule has 1 atom stereocenters. The predicted octanol–water partition coefficient (Wildman–Crippen LogP) is 4.51. The average molecular weight is 451 g/mol. The lowest BCUT2D eigenvalue weighted by atomic mass is 10.0. The highest BCUT2D eigenvalue weighted by Crippen LogP contribution is 2.34. The van der Waals surface area contributed by atoms with Gasteiger partial charge >= 0.3 is 0 Å². The number of nitriles is 1. The monoisotopic (exact) mass is 450 g/mol. The maximum Gasteiger partial charge on any atom is 0.246 e. The second-order valence-electron chi connectivity index (χ2n) is 8.07. The predicted molar refractivity (Wildman–Crippen MR) is 127 cm³/mol. The van der Waals surface area contributed by atoms with Gasteiger partial charge in [0.25, 0.3) is 0 Å². The Hall–Kier alpha value is -4.51. The fraction of sp³-hybridized carbons (Fsp3) is 0.192. The molecule has 0 spiro atoms. The number of nitrogens with zero attached hydrogens (tertiary/aromatic N) is 6. The van der Waals surface area contributed by atoms with Crippen molar-refractivity contribution >= 4 is 16.9 Å². The van der Waals surface area contributed by atoms with Gasteiger partial charge in [-0.1, -0.05) is 24.8 Å². The molecule has 0 unspecified atom stereocenters. The van der Waals surface area contributed by atoms with Gasteiger partial charge in [0.05, 0.1) is 23.1 Å². The first-order valence-corrected chi connectivity index (χ1v) is 11.0. The zero-order valence-electron chi connectivity index (χ0n) is 18.5. The van der Waals surface area contributed by atoms with Gasteiger partial charge in [-0.25, -0.2) is 14.6 Å². The lowest BCUT2D eigenvalue weighted by Crippen LogP contribution is -2.40. The summed E-state index contributed by atoms with van der Waals surface area (Å²) in [5, 5.41) is 15.5. The number of amides is 1. The van der Waals surface area contributed by atoms with E-state index in [0.29, 0.717) is 47.1 Å². The third-order valence-electron chi connectivity index (χ3n) is 5.95. The van der Waals surface area contributed by atoms with E-state index in [9.17, 15) is 10.1 Å². The van der Waals surface area contributed by atoms with Crippen molar-refractivity contribution < 1.29 is 9.53 Å². The number of ether oxygens (including phenoxy) is 1. The van der Waals surface area contributed by atoms with Crippen LogP contribution in [-0.4, -0.2) is 43.6 Å². The van der Waals surface area contributed by atoms with Crippen LogP contribution in [0.3, 0.4) is 0 Å². The number of fused-ring (bicyclic) bond motifs is 1. The highest BCUT2D eigenvalue weighted by Gasteiger charge is 2.27. The number of aromatic nitrogens is 4. The van der Waals surface area contributed by atoms with Gasteiger partial charge in [-0.2, -0.15) is 10.4 Å². The highest BCUT2D eigenvalue weighted by atomic mass is 16.5. The van der Waals surface area contributed by atoms with Crippen molar-refractivity contribution in [2.24, 2.45) is 0 Å². The van der Waals surface area contributed by atoms with Crippen molar-refractivity contribution in [3.8, 4) is 28.8 Å². The molecule has 34 heavy (non-hydrogen) atoms. The minimum absolute atomic E-state index is 0.0324. The first-order chi connectivity index (χ1) is 16.7. The van der Waals surface area contributed by atoms with Crippen molar-refractivity contribution in [3.63, 3.8) is 0 Å². The molecule has 0 bridgehead atoms. The summed E-state index contributed by atoms with van der Waals surface area (Å²) < 4.78 is 7.76. The molecule has 0 aliphatic carbocycles. The van der Waals surface area contributed by atoms with E-state index in [2.05, 4.69) is 22.6 Å². The minimum atomic E-state index is -0.0863. The maximum atomic E-state index is 12.2. The van der Waals surface area contributed by atoms with Gasteiger partial charge in [-0.3, -0.25) is 4.79 Å². The Balaban J connectivity index is 1.54. The summed E-state index contributed by atoms with van der Waals surface area (Å²) in [4.78, 5) is 22.6. The van der Waals surface area contributed by atoms with E-state index in [-0.39, 0.29) is 11.9 Å². The van der Waals surface area contributed by atoms with Crippen LogP contribution in [0.2, 0.25) is 0 Å². The van der Waals surface area contributed by atoms with Gasteiger partial charge in [0.1, 0.15) is 23.5 Å². The van der Waals surface area contributed by atoms with Crippen molar-refractivity contribution in [1.29, 1.82) is 5.26 Å². The van der Waals surface area contributed by atoms with E-state index in [0.717, 1.165) is 18.2 Å². The molecule has 168 valence electrons. The van der Waals surface area contributed by atoms with E-state index >= 15 is 0 Å². The quantitative estimate of drug-likeness (QED) is 0.415. The van der Waals surface area contributed by atoms with Crippen molar-refractivity contribution in [2.45, 2.75) is 18.9 Å². The maximum absolute atomic E-state index is 12.2. The zero-order valence-corrected chi connectivity index (χ0v) is 18.5. The third-order valence-corrected chi connectivity index (χ3v) is 5.95. The van der Waals surface area contributed by atoms with Gasteiger partial charge in [0.15, 0.2) is 5.65 Å². The highest BCUT2D eigenvalue weighted by molar-refractivity contribution is 5.92. The molecule has 4 aromatic rings. The Morgan fingerprint density at radius 1 is 1.21 bits per heavy atom. The van der Waals surface area contributed by atoms with Gasteiger partial charge in [0, 0.05) is 24.8 Å². The zero-order chi connectivity index (χ0) is 23.5. The molecule has 1 aliphatic heterocycles. The number of benzene rings is 2. The van der Waals surface area contributed by atoms with Gasteiger partial charge in [0.2, 0.25) is 5.91 Å². The summed E-state index contributed by atoms with van der Waals surface area (Å²) in [5.41, 5.74) is 2.43. The van der Waals surface area contributed by atoms with Gasteiger partial charge in [-0.05, 0) is 49.2 Å². The Labute approximate surface area is 196 Å². The van der Waals surface area contributed by atoms with Crippen LogP contribution in [-0.2, 0) is 4.79 Å². The normalized spacial score (nSPS) is 15.6. The molecule has 0 saturated carbocycles. The number of piperidine rings is 1. The Morgan fingerprint density at radius 3 is 2.85 bits per heavy atom. The molecular formula is C26H22N6O2. The molecule has 1 amide bonds. The van der Waals surface area contributed by atoms with Gasteiger partial charge < -0.3 is 9.64 Å². The average Bonchev–Trinajstić information content (AvgIpc) is 3.28. The molecule has 8 nitrogen and oxygen atoms in total. The number of carbonyl (C=O) groups excluding carboxylic acids is 1. The van der Waals surface area contributed by atoms with Crippen LogP contribution in [0.15, 0.2) is 73.7 Å². The molecule has 1 fully saturated rings. The second kappa shape index (κ2) is 9.16. The Kier molecular flexibility index (Phi) is 5.75. The van der Waals surface area contributed by atoms with Crippen molar-refractivity contribution in [2.75, 3.05) is 13.1 Å². The second-order valence-corrected chi connectivity index (χ2v) is 8.07. The third kappa shape index (κ3) is 3.99. The molecule has 3 heterocycles. The smallest absolute Gasteiger partial charge is 0.246 e. The van der Waals surface area contributed by atoms with E-state index in [1.807, 2.05) is 47.1 Å². The summed E-state index contributed by atoms with van der Waals surface area (Å²) >= 11 is 0. The van der Waals surface area contributed by atoms with Crippen molar-refractivity contribution in [3.05, 3.63) is 79.3 Å². The fourth-order valence-corrected chi connectivity index (χ4v) is 4.33. The molecule has 1 aliphatic rings. The molecule has 2 aromatic heterocycles. The van der Waals surface area contributed by atoms with E-state index < -0.39 is 0 Å². The number of hydrogen-bond acceptors (Lipinski definition) is 6. The van der Waals surface area contributed by atoms with Crippen LogP contribution in [0.1, 0.15) is 24.4 Å². The first-order valence-electron chi connectivity index (χ1n) is 11.0. The van der Waals surface area contributed by atoms with E-state index in [1.165, 1.54) is 12.4 Å². The molecule has 5 rings (SSSR count). The van der Waals surface area contributed by atoms with E-state index in [4.69, 9.17) is 9.84 Å². The molecule has 0 N–H and O–H groups in total. The molecule has 8 heteroatoms. The van der Waals surface area contributed by atoms with Crippen LogP contribution in [0.5, 0.6) is 11.5 Å². The fourth-order valence-electron chi connectivity index (χ4n) is 4.33. The lowest BCUT2D eigenvalue weighted by Gasteiger charge is -2.32. The SMILES string of the molecule is C=CC(=O)N1CCC[C@@H](n2nc(-c3ccc(Oc4ccccc4)cc3C#N)c3cncnc32)C1. The van der Waals surface area contributed by atoms with Crippen LogP contribution in [0.25, 0.3) is 22.3 Å². The molecular weight excluding hydrogens is 428 g/mol. The van der Waals surface area contributed by atoms with Crippen LogP contribution >= 0.6 is 0 Å². The van der Waals surface area contributed by atoms with Crippen molar-refractivity contribution in [1.82, 2.24) is 24.6 Å². The minimum Gasteiger partial charge on any atom is -0.457 e. The van der Waals surface area contributed by atoms with Crippen LogP contribution in [0, 0.1) is 11.3 Å². The number of para-hydroxylation sites is 1. The van der Waals surface area contributed by atoms with Crippen LogP contribution < -0.4 is 4.74 Å². The van der Waals surface area contributed by atoms with Crippen LogP contribution in [0.4, 0.5) is 0 Å². The largest absolute Gasteiger partial charge is 0.457 e. The number of carbonyl (C=O) groups is 1. The Morgan fingerprint density at radius 2 is 2.06 bits per heavy atom. The Bertz CT molecular complexity index is 1410. The summed E-state index contributed by atoms with van der Waals surface area (Å²) in [7, 11) is 0. The topological polar surface area (TPSA) is 96.9 Å². The number of likely N-dealkylation sites (tertiary alicyclic amines) is 1. The number of rotatable bonds is 5. The summed E-state index contributed by atoms with van der Waals surface area (Å²) in [6, 6.07) is 17.0. The lowest BCUT2D eigenvalue weighted by molar-refractivity contribution is -0.127. The summed E-state index contributed by atoms with van der Waals surface area (Å²) in [6.45, 7) is 4.83.